The molecule has 194 valence electrons. The van der Waals surface area contributed by atoms with Crippen LogP contribution in [-0.4, -0.2) is 22.8 Å². The molecule has 0 spiro atoms. The number of hydrogen-bond acceptors (Lipinski definition) is 6. The Hall–Kier alpha value is -4.71. The van der Waals surface area contributed by atoms with Crippen LogP contribution in [0.2, 0.25) is 5.02 Å². The highest BCUT2D eigenvalue weighted by molar-refractivity contribution is 6.42. The first-order valence-electron chi connectivity index (χ1n) is 10.7. The number of nitro benzene ring substituents is 1. The minimum absolute atomic E-state index is 0.0111. The molecule has 9 nitrogen and oxygen atoms in total. The number of carbonyl (C=O) groups excluding carboxylic acids is 3. The highest BCUT2D eigenvalue weighted by atomic mass is 35.5. The Morgan fingerprint density at radius 2 is 1.71 bits per heavy atom. The second-order valence-electron chi connectivity index (χ2n) is 7.87. The topological polar surface area (TPSA) is 119 Å². The number of nitro groups is 1. The Balaban J connectivity index is 1.65. The molecule has 0 saturated carbocycles. The van der Waals surface area contributed by atoms with Gasteiger partial charge in [0.05, 0.1) is 21.2 Å². The number of urea groups is 1. The maximum absolute atomic E-state index is 13.2. The van der Waals surface area contributed by atoms with Crippen molar-refractivity contribution in [1.29, 1.82) is 0 Å². The Kier molecular flexibility index (Phi) is 7.17. The van der Waals surface area contributed by atoms with Gasteiger partial charge in [-0.05, 0) is 48.0 Å². The average Bonchev–Trinajstić information content (AvgIpc) is 2.86. The van der Waals surface area contributed by atoms with E-state index < -0.39 is 45.8 Å². The van der Waals surface area contributed by atoms with Crippen LogP contribution in [0.4, 0.5) is 29.3 Å². The number of alkyl halides is 3. The third-order valence-electron chi connectivity index (χ3n) is 5.38. The summed E-state index contributed by atoms with van der Waals surface area (Å²) in [6.07, 6.45) is -3.65. The van der Waals surface area contributed by atoms with Crippen LogP contribution in [0.5, 0.6) is 5.75 Å². The van der Waals surface area contributed by atoms with Gasteiger partial charge in [-0.2, -0.15) is 13.2 Å². The van der Waals surface area contributed by atoms with Crippen molar-refractivity contribution in [2.75, 3.05) is 4.90 Å². The Morgan fingerprint density at radius 3 is 2.37 bits per heavy atom. The molecular weight excluding hydrogens is 531 g/mol. The molecule has 13 heteroatoms. The molecule has 0 unspecified atom stereocenters. The summed E-state index contributed by atoms with van der Waals surface area (Å²) >= 11 is 6.00. The molecule has 3 aromatic rings. The van der Waals surface area contributed by atoms with Gasteiger partial charge in [0.2, 0.25) is 0 Å². The van der Waals surface area contributed by atoms with Gasteiger partial charge in [-0.15, -0.1) is 0 Å². The van der Waals surface area contributed by atoms with Crippen LogP contribution >= 0.6 is 11.6 Å². The van der Waals surface area contributed by atoms with Crippen LogP contribution in [-0.2, 0) is 22.4 Å². The van der Waals surface area contributed by atoms with Crippen molar-refractivity contribution in [3.05, 3.63) is 104 Å². The van der Waals surface area contributed by atoms with Crippen molar-refractivity contribution in [2.24, 2.45) is 0 Å². The van der Waals surface area contributed by atoms with Gasteiger partial charge in [-0.3, -0.25) is 25.0 Å². The summed E-state index contributed by atoms with van der Waals surface area (Å²) in [6, 6.07) is 12.7. The Labute approximate surface area is 217 Å². The standard InChI is InChI=1S/C25H15ClF3N3O6/c26-19-10-7-16(25(27,28)29)12-20(19)31-23(34)18(22(33)30-24(31)35)11-15-3-1-2-4-21(15)38-13-14-5-8-17(9-6-14)32(36)37/h1-12H,13H2,(H,30,33,35)/b18-11-. The van der Waals surface area contributed by atoms with Crippen LogP contribution in [0.1, 0.15) is 16.7 Å². The van der Waals surface area contributed by atoms with E-state index in [-0.39, 0.29) is 28.6 Å². The maximum Gasteiger partial charge on any atom is 0.416 e. The van der Waals surface area contributed by atoms with Gasteiger partial charge in [0.15, 0.2) is 0 Å². The SMILES string of the molecule is O=C1NC(=O)N(c2cc(C(F)(F)F)ccc2Cl)C(=O)/C1=C\c1ccccc1OCc1ccc([N+](=O)[O-])cc1. The molecule has 1 N–H and O–H groups in total. The number of para-hydroxylation sites is 1. The van der Waals surface area contributed by atoms with Gasteiger partial charge < -0.3 is 4.74 Å². The number of nitrogens with zero attached hydrogens (tertiary/aromatic N) is 2. The van der Waals surface area contributed by atoms with Crippen LogP contribution < -0.4 is 15.0 Å². The summed E-state index contributed by atoms with van der Waals surface area (Å²) in [6.45, 7) is -0.0111. The number of imide groups is 2. The normalized spacial score (nSPS) is 15.0. The number of carbonyl (C=O) groups is 3. The maximum atomic E-state index is 13.2. The molecule has 4 amide bonds. The number of nitrogens with one attached hydrogen (secondary N) is 1. The molecule has 0 aromatic heterocycles. The van der Waals surface area contributed by atoms with E-state index in [0.717, 1.165) is 12.1 Å². The molecule has 0 bridgehead atoms. The third-order valence-corrected chi connectivity index (χ3v) is 5.70. The highest BCUT2D eigenvalue weighted by Gasteiger charge is 2.39. The Morgan fingerprint density at radius 1 is 1.03 bits per heavy atom. The molecule has 3 aromatic carbocycles. The first kappa shape index (κ1) is 26.4. The fourth-order valence-corrected chi connectivity index (χ4v) is 3.70. The number of anilines is 1. The average molecular weight is 546 g/mol. The summed E-state index contributed by atoms with van der Waals surface area (Å²) in [5.41, 5.74) is -1.50. The van der Waals surface area contributed by atoms with Crippen molar-refractivity contribution in [3.63, 3.8) is 0 Å². The lowest BCUT2D eigenvalue weighted by Gasteiger charge is -2.27. The number of rotatable bonds is 6. The quantitative estimate of drug-likeness (QED) is 0.189. The third kappa shape index (κ3) is 5.49. The lowest BCUT2D eigenvalue weighted by atomic mass is 10.1. The fourth-order valence-electron chi connectivity index (χ4n) is 3.50. The molecule has 1 aliphatic heterocycles. The summed E-state index contributed by atoms with van der Waals surface area (Å²) in [7, 11) is 0. The lowest BCUT2D eigenvalue weighted by Crippen LogP contribution is -2.54. The number of halogens is 4. The van der Waals surface area contributed by atoms with Crippen LogP contribution in [0, 0.1) is 10.1 Å². The number of barbiturate groups is 1. The number of hydrogen-bond donors (Lipinski definition) is 1. The second-order valence-corrected chi connectivity index (χ2v) is 8.28. The zero-order valence-electron chi connectivity index (χ0n) is 19.0. The van der Waals surface area contributed by atoms with Gasteiger partial charge in [-0.1, -0.05) is 29.8 Å². The summed E-state index contributed by atoms with van der Waals surface area (Å²) < 4.78 is 45.4. The molecule has 0 aliphatic carbocycles. The molecule has 0 radical (unpaired) electrons. The monoisotopic (exact) mass is 545 g/mol. The largest absolute Gasteiger partial charge is 0.488 e. The summed E-state index contributed by atoms with van der Waals surface area (Å²) in [5, 5.41) is 12.4. The predicted molar refractivity (Wildman–Crippen MR) is 129 cm³/mol. The molecule has 0 atom stereocenters. The minimum atomic E-state index is -4.77. The van der Waals surface area contributed by atoms with Crippen LogP contribution in [0.15, 0.2) is 72.3 Å². The van der Waals surface area contributed by atoms with Crippen molar-refractivity contribution in [1.82, 2.24) is 5.32 Å². The fraction of sp³-hybridized carbons (Fsp3) is 0.0800. The predicted octanol–water partition coefficient (Wildman–Crippen LogP) is 5.51. The van der Waals surface area contributed by atoms with E-state index in [4.69, 9.17) is 16.3 Å². The second kappa shape index (κ2) is 10.3. The Bertz CT molecular complexity index is 1490. The number of benzene rings is 3. The summed E-state index contributed by atoms with van der Waals surface area (Å²) in [5.74, 6) is -2.03. The van der Waals surface area contributed by atoms with Crippen LogP contribution in [0.25, 0.3) is 6.08 Å². The van der Waals surface area contributed by atoms with E-state index in [9.17, 15) is 37.7 Å². The van der Waals surface area contributed by atoms with Crippen molar-refractivity contribution >= 4 is 46.9 Å². The highest BCUT2D eigenvalue weighted by Crippen LogP contribution is 2.37. The smallest absolute Gasteiger partial charge is 0.416 e. The van der Waals surface area contributed by atoms with Crippen LogP contribution in [0.3, 0.4) is 0 Å². The van der Waals surface area contributed by atoms with Gasteiger partial charge in [-0.25, -0.2) is 9.69 Å². The van der Waals surface area contributed by atoms with E-state index in [2.05, 4.69) is 0 Å². The molecule has 1 fully saturated rings. The minimum Gasteiger partial charge on any atom is -0.488 e. The lowest BCUT2D eigenvalue weighted by molar-refractivity contribution is -0.384. The number of ether oxygens (including phenoxy) is 1. The van der Waals surface area contributed by atoms with Crippen molar-refractivity contribution in [3.8, 4) is 5.75 Å². The zero-order chi connectivity index (χ0) is 27.6. The molecular formula is C25H15ClF3N3O6. The number of amides is 4. The zero-order valence-corrected chi connectivity index (χ0v) is 19.7. The summed E-state index contributed by atoms with van der Waals surface area (Å²) in [4.78, 5) is 48.8. The van der Waals surface area contributed by atoms with Crippen molar-refractivity contribution < 1.29 is 37.2 Å². The van der Waals surface area contributed by atoms with Gasteiger partial charge in [0.1, 0.15) is 17.9 Å². The van der Waals surface area contributed by atoms with E-state index in [1.54, 1.807) is 12.1 Å². The van der Waals surface area contributed by atoms with E-state index in [1.807, 2.05) is 5.32 Å². The molecule has 1 heterocycles. The van der Waals surface area contributed by atoms with Gasteiger partial charge >= 0.3 is 12.2 Å². The first-order chi connectivity index (χ1) is 18.0. The molecule has 38 heavy (non-hydrogen) atoms. The van der Waals surface area contributed by atoms with Gasteiger partial charge in [0, 0.05) is 17.7 Å². The van der Waals surface area contributed by atoms with E-state index in [0.29, 0.717) is 22.6 Å². The van der Waals surface area contributed by atoms with E-state index >= 15 is 0 Å². The van der Waals surface area contributed by atoms with Gasteiger partial charge in [0.25, 0.3) is 17.5 Å². The first-order valence-corrected chi connectivity index (χ1v) is 11.1. The number of non-ortho nitro benzene ring substituents is 1. The molecule has 1 aliphatic rings. The van der Waals surface area contributed by atoms with E-state index in [1.165, 1.54) is 36.4 Å². The molecule has 1 saturated heterocycles. The van der Waals surface area contributed by atoms with Crippen molar-refractivity contribution in [2.45, 2.75) is 12.8 Å². The molecule has 4 rings (SSSR count).